The van der Waals surface area contributed by atoms with Crippen LogP contribution in [-0.4, -0.2) is 21.6 Å². The molecule has 0 fully saturated rings. The summed E-state index contributed by atoms with van der Waals surface area (Å²) in [6.07, 6.45) is 6.01. The standard InChI is InChI=1S/C18H19N3O2/c1-12(2)23-18(22)17-10-20-11-21(17)16-5-3-4-14-7-6-13(9-19)8-15(14)16/h6-8,10-12,16H,3-5H2,1-2H3. The van der Waals surface area contributed by atoms with Crippen molar-refractivity contribution in [3.8, 4) is 6.07 Å². The highest BCUT2D eigenvalue weighted by Gasteiger charge is 2.26. The first kappa shape index (κ1) is 15.3. The molecule has 2 aromatic rings. The van der Waals surface area contributed by atoms with E-state index in [9.17, 15) is 4.79 Å². The van der Waals surface area contributed by atoms with Gasteiger partial charge in [-0.25, -0.2) is 9.78 Å². The van der Waals surface area contributed by atoms with Crippen molar-refractivity contribution in [3.63, 3.8) is 0 Å². The van der Waals surface area contributed by atoms with Crippen LogP contribution < -0.4 is 0 Å². The topological polar surface area (TPSA) is 67.9 Å². The molecule has 118 valence electrons. The highest BCUT2D eigenvalue weighted by Crippen LogP contribution is 2.34. The summed E-state index contributed by atoms with van der Waals surface area (Å²) < 4.78 is 7.19. The molecule has 1 unspecified atom stereocenters. The molecule has 1 aliphatic rings. The summed E-state index contributed by atoms with van der Waals surface area (Å²) in [5, 5.41) is 9.15. The van der Waals surface area contributed by atoms with Crippen LogP contribution in [0.1, 0.15) is 59.9 Å². The van der Waals surface area contributed by atoms with Gasteiger partial charge in [-0.2, -0.15) is 5.26 Å². The van der Waals surface area contributed by atoms with Crippen LogP contribution in [-0.2, 0) is 11.2 Å². The molecule has 1 heterocycles. The monoisotopic (exact) mass is 309 g/mol. The minimum atomic E-state index is -0.360. The van der Waals surface area contributed by atoms with Crippen molar-refractivity contribution in [2.75, 3.05) is 0 Å². The van der Waals surface area contributed by atoms with Crippen LogP contribution in [0.3, 0.4) is 0 Å². The molecule has 1 aromatic carbocycles. The zero-order valence-corrected chi connectivity index (χ0v) is 13.3. The van der Waals surface area contributed by atoms with Crippen molar-refractivity contribution < 1.29 is 9.53 Å². The van der Waals surface area contributed by atoms with Crippen LogP contribution in [0.5, 0.6) is 0 Å². The minimum absolute atomic E-state index is 0.0178. The lowest BCUT2D eigenvalue weighted by Gasteiger charge is -2.28. The van der Waals surface area contributed by atoms with Crippen LogP contribution in [0.4, 0.5) is 0 Å². The Bertz CT molecular complexity index is 771. The average Bonchev–Trinajstić information content (AvgIpc) is 3.02. The van der Waals surface area contributed by atoms with E-state index in [4.69, 9.17) is 10.00 Å². The van der Waals surface area contributed by atoms with Crippen LogP contribution in [0.15, 0.2) is 30.7 Å². The molecular formula is C18H19N3O2. The van der Waals surface area contributed by atoms with Gasteiger partial charge in [0.2, 0.25) is 0 Å². The van der Waals surface area contributed by atoms with Crippen LogP contribution >= 0.6 is 0 Å². The Morgan fingerprint density at radius 2 is 2.30 bits per heavy atom. The Balaban J connectivity index is 2.01. The number of hydrogen-bond donors (Lipinski definition) is 0. The molecule has 0 N–H and O–H groups in total. The summed E-state index contributed by atoms with van der Waals surface area (Å²) in [5.41, 5.74) is 3.44. The summed E-state index contributed by atoms with van der Waals surface area (Å²) in [5.74, 6) is -0.360. The number of fused-ring (bicyclic) bond motifs is 1. The van der Waals surface area contributed by atoms with E-state index in [1.165, 1.54) is 5.56 Å². The van der Waals surface area contributed by atoms with Gasteiger partial charge in [-0.3, -0.25) is 0 Å². The highest BCUT2D eigenvalue weighted by atomic mass is 16.5. The van der Waals surface area contributed by atoms with E-state index in [1.807, 2.05) is 36.6 Å². The maximum atomic E-state index is 12.3. The van der Waals surface area contributed by atoms with E-state index >= 15 is 0 Å². The van der Waals surface area contributed by atoms with E-state index in [-0.39, 0.29) is 18.1 Å². The number of aromatic nitrogens is 2. The van der Waals surface area contributed by atoms with Gasteiger partial charge in [-0.15, -0.1) is 0 Å². The smallest absolute Gasteiger partial charge is 0.356 e. The number of carbonyl (C=O) groups is 1. The molecule has 0 aliphatic heterocycles. The van der Waals surface area contributed by atoms with Gasteiger partial charge in [0.1, 0.15) is 5.69 Å². The number of rotatable bonds is 3. The summed E-state index contributed by atoms with van der Waals surface area (Å²) >= 11 is 0. The first-order valence-electron chi connectivity index (χ1n) is 7.86. The lowest BCUT2D eigenvalue weighted by atomic mass is 9.86. The fourth-order valence-corrected chi connectivity index (χ4v) is 3.12. The van der Waals surface area contributed by atoms with Gasteiger partial charge in [-0.05, 0) is 56.4 Å². The molecule has 1 aromatic heterocycles. The second-order valence-corrected chi connectivity index (χ2v) is 6.07. The van der Waals surface area contributed by atoms with E-state index in [0.717, 1.165) is 24.8 Å². The largest absolute Gasteiger partial charge is 0.458 e. The molecule has 0 radical (unpaired) electrons. The van der Waals surface area contributed by atoms with Gasteiger partial charge in [0.15, 0.2) is 0 Å². The Kier molecular flexibility index (Phi) is 4.16. The highest BCUT2D eigenvalue weighted by molar-refractivity contribution is 5.87. The number of imidazole rings is 1. The van der Waals surface area contributed by atoms with Gasteiger partial charge in [0, 0.05) is 0 Å². The third-order valence-electron chi connectivity index (χ3n) is 4.11. The van der Waals surface area contributed by atoms with E-state index in [0.29, 0.717) is 11.3 Å². The second kappa shape index (κ2) is 6.25. The molecule has 1 atom stereocenters. The van der Waals surface area contributed by atoms with Gasteiger partial charge in [-0.1, -0.05) is 6.07 Å². The van der Waals surface area contributed by atoms with Crippen molar-refractivity contribution in [2.24, 2.45) is 0 Å². The Morgan fingerprint density at radius 3 is 3.04 bits per heavy atom. The predicted molar refractivity (Wildman–Crippen MR) is 85.0 cm³/mol. The van der Waals surface area contributed by atoms with Gasteiger partial charge in [0.25, 0.3) is 0 Å². The number of esters is 1. The third-order valence-corrected chi connectivity index (χ3v) is 4.11. The molecule has 0 amide bonds. The fourth-order valence-electron chi connectivity index (χ4n) is 3.12. The first-order chi connectivity index (χ1) is 11.1. The normalized spacial score (nSPS) is 16.7. The quantitative estimate of drug-likeness (QED) is 0.816. The second-order valence-electron chi connectivity index (χ2n) is 6.07. The number of nitrogens with zero attached hydrogens (tertiary/aromatic N) is 3. The Morgan fingerprint density at radius 1 is 1.48 bits per heavy atom. The Hall–Kier alpha value is -2.61. The number of ether oxygens (including phenoxy) is 1. The number of hydrogen-bond acceptors (Lipinski definition) is 4. The molecule has 0 saturated carbocycles. The first-order valence-corrected chi connectivity index (χ1v) is 7.86. The molecule has 5 heteroatoms. The van der Waals surface area contributed by atoms with Gasteiger partial charge >= 0.3 is 5.97 Å². The van der Waals surface area contributed by atoms with Gasteiger partial charge in [0.05, 0.1) is 36.3 Å². The van der Waals surface area contributed by atoms with Crippen molar-refractivity contribution >= 4 is 5.97 Å². The number of carbonyl (C=O) groups excluding carboxylic acids is 1. The summed E-state index contributed by atoms with van der Waals surface area (Å²) in [6.45, 7) is 3.65. The van der Waals surface area contributed by atoms with E-state index in [2.05, 4.69) is 11.1 Å². The lowest BCUT2D eigenvalue weighted by Crippen LogP contribution is -2.22. The van der Waals surface area contributed by atoms with Gasteiger partial charge < -0.3 is 9.30 Å². The van der Waals surface area contributed by atoms with Crippen molar-refractivity contribution in [1.29, 1.82) is 5.26 Å². The zero-order chi connectivity index (χ0) is 16.4. The zero-order valence-electron chi connectivity index (χ0n) is 13.3. The molecule has 5 nitrogen and oxygen atoms in total. The molecular weight excluding hydrogens is 290 g/mol. The maximum Gasteiger partial charge on any atom is 0.356 e. The van der Waals surface area contributed by atoms with Crippen molar-refractivity contribution in [2.45, 2.75) is 45.3 Å². The molecule has 0 spiro atoms. The maximum absolute atomic E-state index is 12.3. The summed E-state index contributed by atoms with van der Waals surface area (Å²) in [6, 6.07) is 8.00. The van der Waals surface area contributed by atoms with Crippen LogP contribution in [0, 0.1) is 11.3 Å². The average molecular weight is 309 g/mol. The van der Waals surface area contributed by atoms with Crippen molar-refractivity contribution in [3.05, 3.63) is 53.1 Å². The molecule has 0 bridgehead atoms. The van der Waals surface area contributed by atoms with Crippen LogP contribution in [0.25, 0.3) is 0 Å². The summed E-state index contributed by atoms with van der Waals surface area (Å²) in [4.78, 5) is 16.4. The predicted octanol–water partition coefficient (Wildman–Crippen LogP) is 3.25. The Labute approximate surface area is 135 Å². The summed E-state index contributed by atoms with van der Waals surface area (Å²) in [7, 11) is 0. The number of nitriles is 1. The lowest BCUT2D eigenvalue weighted by molar-refractivity contribution is 0.0363. The molecule has 3 rings (SSSR count). The fraction of sp³-hybridized carbons (Fsp3) is 0.389. The SMILES string of the molecule is CC(C)OC(=O)c1cncn1C1CCCc2ccc(C#N)cc21. The molecule has 23 heavy (non-hydrogen) atoms. The van der Waals surface area contributed by atoms with Crippen LogP contribution in [0.2, 0.25) is 0 Å². The minimum Gasteiger partial charge on any atom is -0.458 e. The number of aryl methyl sites for hydroxylation is 1. The molecule has 1 aliphatic carbocycles. The third kappa shape index (κ3) is 2.98. The van der Waals surface area contributed by atoms with E-state index in [1.54, 1.807) is 12.5 Å². The van der Waals surface area contributed by atoms with Crippen molar-refractivity contribution in [1.82, 2.24) is 9.55 Å². The molecule has 0 saturated heterocycles. The number of benzene rings is 1. The van der Waals surface area contributed by atoms with E-state index < -0.39 is 0 Å².